The van der Waals surface area contributed by atoms with E-state index in [2.05, 4.69) is 0 Å². The summed E-state index contributed by atoms with van der Waals surface area (Å²) in [5.74, 6) is 0.517. The first-order valence-corrected chi connectivity index (χ1v) is 10.4. The summed E-state index contributed by atoms with van der Waals surface area (Å²) in [6, 6.07) is 10.6. The Balaban J connectivity index is 1.67. The van der Waals surface area contributed by atoms with Gasteiger partial charge in [-0.25, -0.2) is 0 Å². The second kappa shape index (κ2) is 7.72. The number of hydrogen-bond acceptors (Lipinski definition) is 5. The highest BCUT2D eigenvalue weighted by Gasteiger charge is 2.41. The molecule has 0 N–H and O–H groups in total. The molecule has 31 heavy (non-hydrogen) atoms. The van der Waals surface area contributed by atoms with Gasteiger partial charge in [0, 0.05) is 12.1 Å². The van der Waals surface area contributed by atoms with Crippen LogP contribution in [0, 0.1) is 6.92 Å². The quantitative estimate of drug-likeness (QED) is 0.689. The van der Waals surface area contributed by atoms with Gasteiger partial charge in [0.1, 0.15) is 11.5 Å². The highest BCUT2D eigenvalue weighted by atomic mass is 16.5. The van der Waals surface area contributed by atoms with Crippen molar-refractivity contribution in [3.63, 3.8) is 0 Å². The number of amides is 2. The van der Waals surface area contributed by atoms with E-state index in [1.165, 1.54) is 4.90 Å². The Labute approximate surface area is 181 Å². The molecule has 2 aromatic rings. The summed E-state index contributed by atoms with van der Waals surface area (Å²) in [6.45, 7) is 7.73. The van der Waals surface area contributed by atoms with Crippen molar-refractivity contribution < 1.29 is 23.9 Å². The fourth-order valence-corrected chi connectivity index (χ4v) is 3.91. The number of benzene rings is 2. The third kappa shape index (κ3) is 3.76. The van der Waals surface area contributed by atoms with Crippen molar-refractivity contribution in [2.45, 2.75) is 39.7 Å². The number of anilines is 2. The predicted molar refractivity (Wildman–Crippen MR) is 117 cm³/mol. The number of Topliss-reactive ketones (excluding diaryl/α,β-unsaturated/α-hetero) is 1. The molecule has 2 aromatic carbocycles. The van der Waals surface area contributed by atoms with Crippen LogP contribution in [-0.4, -0.2) is 42.9 Å². The topological polar surface area (TPSA) is 76.2 Å². The third-order valence-electron chi connectivity index (χ3n) is 5.50. The zero-order chi connectivity index (χ0) is 22.3. The van der Waals surface area contributed by atoms with E-state index in [1.54, 1.807) is 36.9 Å². The zero-order valence-electron chi connectivity index (χ0n) is 18.2. The minimum atomic E-state index is -1.07. The lowest BCUT2D eigenvalue weighted by Gasteiger charge is -2.38. The van der Waals surface area contributed by atoms with Gasteiger partial charge in [0.05, 0.1) is 17.9 Å². The summed E-state index contributed by atoms with van der Waals surface area (Å²) in [5.41, 5.74) is 1.49. The van der Waals surface area contributed by atoms with Gasteiger partial charge in [0.15, 0.2) is 18.0 Å². The number of carbonyl (C=O) groups is 3. The van der Waals surface area contributed by atoms with Gasteiger partial charge in [-0.05, 0) is 63.1 Å². The second-order valence-electron chi connectivity index (χ2n) is 8.41. The van der Waals surface area contributed by atoms with Gasteiger partial charge in [-0.1, -0.05) is 13.0 Å². The molecule has 0 saturated carbocycles. The molecule has 0 fully saturated rings. The monoisotopic (exact) mass is 422 g/mol. The first-order valence-electron chi connectivity index (χ1n) is 10.4. The molecular formula is C24H26N2O5. The molecule has 2 aliphatic rings. The van der Waals surface area contributed by atoms with Crippen molar-refractivity contribution in [3.05, 3.63) is 47.5 Å². The predicted octanol–water partition coefficient (Wildman–Crippen LogP) is 3.52. The van der Waals surface area contributed by atoms with Crippen LogP contribution in [0.5, 0.6) is 11.5 Å². The maximum Gasteiger partial charge on any atom is 0.271 e. The first kappa shape index (κ1) is 20.9. The molecule has 0 spiro atoms. The molecule has 2 amide bonds. The summed E-state index contributed by atoms with van der Waals surface area (Å²) in [7, 11) is 0. The molecule has 0 saturated heterocycles. The molecular weight excluding hydrogens is 396 g/mol. The molecule has 0 atom stereocenters. The Bertz CT molecular complexity index is 1080. The van der Waals surface area contributed by atoms with Crippen molar-refractivity contribution in [1.82, 2.24) is 0 Å². The Morgan fingerprint density at radius 3 is 2.48 bits per heavy atom. The Morgan fingerprint density at radius 2 is 1.74 bits per heavy atom. The average Bonchev–Trinajstić information content (AvgIpc) is 2.73. The number of fused-ring (bicyclic) bond motifs is 2. The van der Waals surface area contributed by atoms with Crippen LogP contribution < -0.4 is 19.3 Å². The van der Waals surface area contributed by atoms with Crippen molar-refractivity contribution in [1.29, 1.82) is 0 Å². The van der Waals surface area contributed by atoms with Crippen LogP contribution in [-0.2, 0) is 9.59 Å². The number of nitrogens with zero attached hydrogens (tertiary/aromatic N) is 2. The molecule has 0 aromatic heterocycles. The van der Waals surface area contributed by atoms with Crippen molar-refractivity contribution >= 4 is 29.0 Å². The van der Waals surface area contributed by atoms with E-state index in [1.807, 2.05) is 32.0 Å². The standard InChI is InChI=1S/C24H26N2O5/c1-5-10-25-18-12-16(7-9-20(18)30-14-22(25)28)19(27)13-26-17-11-15(2)6-8-21(17)31-24(3,4)23(26)29/h6-9,11-12H,5,10,13-14H2,1-4H3. The van der Waals surface area contributed by atoms with Crippen LogP contribution in [0.25, 0.3) is 0 Å². The van der Waals surface area contributed by atoms with E-state index < -0.39 is 5.60 Å². The van der Waals surface area contributed by atoms with Crippen LogP contribution in [0.15, 0.2) is 36.4 Å². The minimum Gasteiger partial charge on any atom is -0.482 e. The number of rotatable bonds is 5. The lowest BCUT2D eigenvalue weighted by atomic mass is 10.0. The third-order valence-corrected chi connectivity index (χ3v) is 5.50. The first-order chi connectivity index (χ1) is 14.7. The lowest BCUT2D eigenvalue weighted by Crippen LogP contribution is -2.53. The normalized spacial score (nSPS) is 16.9. The molecule has 162 valence electrons. The minimum absolute atomic E-state index is 0.00616. The van der Waals surface area contributed by atoms with Crippen LogP contribution in [0.3, 0.4) is 0 Å². The summed E-state index contributed by atoms with van der Waals surface area (Å²) in [4.78, 5) is 41.7. The van der Waals surface area contributed by atoms with Crippen molar-refractivity contribution in [2.24, 2.45) is 0 Å². The Kier molecular flexibility index (Phi) is 5.21. The highest BCUT2D eigenvalue weighted by Crippen LogP contribution is 2.39. The largest absolute Gasteiger partial charge is 0.482 e. The van der Waals surface area contributed by atoms with E-state index >= 15 is 0 Å². The number of hydrogen-bond donors (Lipinski definition) is 0. The second-order valence-corrected chi connectivity index (χ2v) is 8.41. The molecule has 0 bridgehead atoms. The van der Waals surface area contributed by atoms with Gasteiger partial charge in [-0.15, -0.1) is 0 Å². The zero-order valence-corrected chi connectivity index (χ0v) is 18.2. The van der Waals surface area contributed by atoms with Gasteiger partial charge in [-0.3, -0.25) is 19.3 Å². The average molecular weight is 422 g/mol. The summed E-state index contributed by atoms with van der Waals surface area (Å²) in [6.07, 6.45) is 0.789. The Morgan fingerprint density at radius 1 is 1.03 bits per heavy atom. The molecule has 0 aliphatic carbocycles. The van der Waals surface area contributed by atoms with E-state index in [-0.39, 0.29) is 30.7 Å². The van der Waals surface area contributed by atoms with E-state index in [0.29, 0.717) is 35.0 Å². The number of ketones is 1. The van der Waals surface area contributed by atoms with Gasteiger partial charge in [0.25, 0.3) is 11.8 Å². The fourth-order valence-electron chi connectivity index (χ4n) is 3.91. The molecule has 2 aliphatic heterocycles. The SMILES string of the molecule is CCCN1C(=O)COc2ccc(C(=O)CN3C(=O)C(C)(C)Oc4ccc(C)cc43)cc21. The molecule has 2 heterocycles. The van der Waals surface area contributed by atoms with E-state index in [9.17, 15) is 14.4 Å². The molecule has 0 unspecified atom stereocenters. The van der Waals surface area contributed by atoms with Crippen molar-refractivity contribution in [3.8, 4) is 11.5 Å². The number of carbonyl (C=O) groups excluding carboxylic acids is 3. The van der Waals surface area contributed by atoms with Crippen LogP contribution in [0.4, 0.5) is 11.4 Å². The van der Waals surface area contributed by atoms with Crippen LogP contribution >= 0.6 is 0 Å². The summed E-state index contributed by atoms with van der Waals surface area (Å²) in [5, 5.41) is 0. The smallest absolute Gasteiger partial charge is 0.271 e. The van der Waals surface area contributed by atoms with Crippen LogP contribution in [0.2, 0.25) is 0 Å². The highest BCUT2D eigenvalue weighted by molar-refractivity contribution is 6.10. The van der Waals surface area contributed by atoms with Gasteiger partial charge >= 0.3 is 0 Å². The van der Waals surface area contributed by atoms with Gasteiger partial charge in [0.2, 0.25) is 0 Å². The lowest BCUT2D eigenvalue weighted by molar-refractivity contribution is -0.132. The fraction of sp³-hybridized carbons (Fsp3) is 0.375. The van der Waals surface area contributed by atoms with E-state index in [0.717, 1.165) is 12.0 Å². The molecule has 7 nitrogen and oxygen atoms in total. The summed E-state index contributed by atoms with van der Waals surface area (Å²) >= 11 is 0. The van der Waals surface area contributed by atoms with Crippen molar-refractivity contribution in [2.75, 3.05) is 29.5 Å². The van der Waals surface area contributed by atoms with Gasteiger partial charge < -0.3 is 14.4 Å². The van der Waals surface area contributed by atoms with Gasteiger partial charge in [-0.2, -0.15) is 0 Å². The number of ether oxygens (including phenoxy) is 2. The number of aryl methyl sites for hydroxylation is 1. The van der Waals surface area contributed by atoms with E-state index in [4.69, 9.17) is 9.47 Å². The summed E-state index contributed by atoms with van der Waals surface area (Å²) < 4.78 is 11.4. The van der Waals surface area contributed by atoms with Crippen LogP contribution in [0.1, 0.15) is 43.1 Å². The molecule has 0 radical (unpaired) electrons. The molecule has 4 rings (SSSR count). The maximum atomic E-state index is 13.2. The Hall–Kier alpha value is -3.35. The molecule has 7 heteroatoms. The maximum absolute atomic E-state index is 13.2.